The van der Waals surface area contributed by atoms with Crippen molar-refractivity contribution in [3.05, 3.63) is 29.6 Å². The fourth-order valence-corrected chi connectivity index (χ4v) is 2.00. The Bertz CT molecular complexity index is 409. The van der Waals surface area contributed by atoms with E-state index in [9.17, 15) is 13.2 Å². The molecule has 0 aliphatic carbocycles. The third-order valence-electron chi connectivity index (χ3n) is 3.04. The Balaban J connectivity index is 2.24. The SMILES string of the molecule is CC1CCN(c2cc(F)c(F)cc2F)CCN1. The molecule has 0 amide bonds. The van der Waals surface area contributed by atoms with Crippen LogP contribution in [0, 0.1) is 17.5 Å². The third kappa shape index (κ3) is 2.72. The number of halogens is 3. The predicted molar refractivity (Wildman–Crippen MR) is 60.6 cm³/mol. The molecule has 0 aromatic heterocycles. The lowest BCUT2D eigenvalue weighted by molar-refractivity contribution is 0.494. The summed E-state index contributed by atoms with van der Waals surface area (Å²) in [5.74, 6) is -2.86. The van der Waals surface area contributed by atoms with Gasteiger partial charge in [0, 0.05) is 37.8 Å². The molecule has 2 rings (SSSR count). The van der Waals surface area contributed by atoms with Crippen LogP contribution in [0.4, 0.5) is 18.9 Å². The van der Waals surface area contributed by atoms with Crippen molar-refractivity contribution >= 4 is 5.69 Å². The van der Waals surface area contributed by atoms with Gasteiger partial charge < -0.3 is 10.2 Å². The molecule has 0 bridgehead atoms. The maximum Gasteiger partial charge on any atom is 0.161 e. The van der Waals surface area contributed by atoms with E-state index in [2.05, 4.69) is 5.32 Å². The standard InChI is InChI=1S/C12H15F3N2/c1-8-2-4-17(5-3-16-8)12-7-10(14)9(13)6-11(12)15/h6-8,16H,2-5H2,1H3. The van der Waals surface area contributed by atoms with Crippen molar-refractivity contribution in [1.82, 2.24) is 5.32 Å². The summed E-state index contributed by atoms with van der Waals surface area (Å²) in [5, 5.41) is 3.26. The molecule has 1 heterocycles. The smallest absolute Gasteiger partial charge is 0.161 e. The molecular weight excluding hydrogens is 229 g/mol. The molecule has 1 N–H and O–H groups in total. The van der Waals surface area contributed by atoms with Crippen molar-refractivity contribution in [3.8, 4) is 0 Å². The lowest BCUT2D eigenvalue weighted by Gasteiger charge is -2.23. The van der Waals surface area contributed by atoms with Gasteiger partial charge >= 0.3 is 0 Å². The van der Waals surface area contributed by atoms with Crippen molar-refractivity contribution in [1.29, 1.82) is 0 Å². The zero-order valence-electron chi connectivity index (χ0n) is 9.64. The maximum atomic E-state index is 13.6. The Kier molecular flexibility index (Phi) is 3.57. The molecule has 1 aliphatic rings. The Morgan fingerprint density at radius 3 is 2.59 bits per heavy atom. The van der Waals surface area contributed by atoms with E-state index >= 15 is 0 Å². The highest BCUT2D eigenvalue weighted by atomic mass is 19.2. The maximum absolute atomic E-state index is 13.6. The second-order valence-corrected chi connectivity index (χ2v) is 4.35. The van der Waals surface area contributed by atoms with Crippen LogP contribution in [-0.4, -0.2) is 25.7 Å². The summed E-state index contributed by atoms with van der Waals surface area (Å²) in [6, 6.07) is 1.89. The van der Waals surface area contributed by atoms with Gasteiger partial charge in [0.15, 0.2) is 11.6 Å². The van der Waals surface area contributed by atoms with E-state index in [4.69, 9.17) is 0 Å². The topological polar surface area (TPSA) is 15.3 Å². The van der Waals surface area contributed by atoms with Gasteiger partial charge in [-0.15, -0.1) is 0 Å². The molecule has 1 aromatic carbocycles. The average molecular weight is 244 g/mol. The zero-order valence-corrected chi connectivity index (χ0v) is 9.64. The molecule has 0 saturated carbocycles. The van der Waals surface area contributed by atoms with Gasteiger partial charge in [-0.05, 0) is 13.3 Å². The van der Waals surface area contributed by atoms with Crippen LogP contribution < -0.4 is 10.2 Å². The molecule has 1 aromatic rings. The summed E-state index contributed by atoms with van der Waals surface area (Å²) in [7, 11) is 0. The van der Waals surface area contributed by atoms with Crippen molar-refractivity contribution in [3.63, 3.8) is 0 Å². The highest BCUT2D eigenvalue weighted by Crippen LogP contribution is 2.23. The number of nitrogens with zero attached hydrogens (tertiary/aromatic N) is 1. The van der Waals surface area contributed by atoms with E-state index in [0.717, 1.165) is 12.5 Å². The fourth-order valence-electron chi connectivity index (χ4n) is 2.00. The van der Waals surface area contributed by atoms with Gasteiger partial charge in [-0.25, -0.2) is 13.2 Å². The number of hydrogen-bond donors (Lipinski definition) is 1. The normalized spacial score (nSPS) is 21.4. The Morgan fingerprint density at radius 2 is 1.82 bits per heavy atom. The van der Waals surface area contributed by atoms with Gasteiger partial charge in [0.1, 0.15) is 5.82 Å². The van der Waals surface area contributed by atoms with Crippen molar-refractivity contribution in [2.75, 3.05) is 24.5 Å². The van der Waals surface area contributed by atoms with Gasteiger partial charge in [0.05, 0.1) is 5.69 Å². The largest absolute Gasteiger partial charge is 0.368 e. The van der Waals surface area contributed by atoms with E-state index in [1.807, 2.05) is 6.92 Å². The first-order valence-corrected chi connectivity index (χ1v) is 5.71. The minimum absolute atomic E-state index is 0.139. The van der Waals surface area contributed by atoms with Crippen LogP contribution >= 0.6 is 0 Å². The molecule has 1 aliphatic heterocycles. The van der Waals surface area contributed by atoms with Crippen molar-refractivity contribution < 1.29 is 13.2 Å². The molecule has 94 valence electrons. The fraction of sp³-hybridized carbons (Fsp3) is 0.500. The van der Waals surface area contributed by atoms with Gasteiger partial charge in [0.2, 0.25) is 0 Å². The molecule has 1 fully saturated rings. The lowest BCUT2D eigenvalue weighted by atomic mass is 10.2. The average Bonchev–Trinajstić information content (AvgIpc) is 2.49. The van der Waals surface area contributed by atoms with E-state index in [-0.39, 0.29) is 5.69 Å². The van der Waals surface area contributed by atoms with Crippen LogP contribution in [0.1, 0.15) is 13.3 Å². The second-order valence-electron chi connectivity index (χ2n) is 4.35. The molecule has 0 radical (unpaired) electrons. The van der Waals surface area contributed by atoms with E-state index in [1.165, 1.54) is 0 Å². The first-order valence-electron chi connectivity index (χ1n) is 5.71. The minimum Gasteiger partial charge on any atom is -0.368 e. The van der Waals surface area contributed by atoms with E-state index in [1.54, 1.807) is 4.90 Å². The summed E-state index contributed by atoms with van der Waals surface area (Å²) in [6.45, 7) is 3.98. The van der Waals surface area contributed by atoms with Crippen LogP contribution in [0.15, 0.2) is 12.1 Å². The lowest BCUT2D eigenvalue weighted by Crippen LogP contribution is -2.29. The van der Waals surface area contributed by atoms with Crippen LogP contribution in [0.25, 0.3) is 0 Å². The van der Waals surface area contributed by atoms with Crippen LogP contribution in [-0.2, 0) is 0 Å². The molecule has 1 saturated heterocycles. The zero-order chi connectivity index (χ0) is 12.4. The van der Waals surface area contributed by atoms with Crippen LogP contribution in [0.2, 0.25) is 0 Å². The first-order chi connectivity index (χ1) is 8.08. The van der Waals surface area contributed by atoms with Crippen LogP contribution in [0.3, 0.4) is 0 Å². The highest BCUT2D eigenvalue weighted by molar-refractivity contribution is 5.48. The Hall–Kier alpha value is -1.23. The first kappa shape index (κ1) is 12.2. The molecule has 0 spiro atoms. The molecule has 1 atom stereocenters. The summed E-state index contributed by atoms with van der Waals surface area (Å²) in [6.07, 6.45) is 0.846. The molecule has 5 heteroatoms. The number of hydrogen-bond acceptors (Lipinski definition) is 2. The summed E-state index contributed by atoms with van der Waals surface area (Å²) < 4.78 is 39.5. The van der Waals surface area contributed by atoms with Gasteiger partial charge in [-0.3, -0.25) is 0 Å². The third-order valence-corrected chi connectivity index (χ3v) is 3.04. The summed E-state index contributed by atoms with van der Waals surface area (Å²) in [5.41, 5.74) is 0.139. The van der Waals surface area contributed by atoms with Gasteiger partial charge in [-0.2, -0.15) is 0 Å². The molecule has 17 heavy (non-hydrogen) atoms. The second kappa shape index (κ2) is 4.96. The molecule has 2 nitrogen and oxygen atoms in total. The minimum atomic E-state index is -1.15. The highest BCUT2D eigenvalue weighted by Gasteiger charge is 2.18. The van der Waals surface area contributed by atoms with Gasteiger partial charge in [-0.1, -0.05) is 0 Å². The monoisotopic (exact) mass is 244 g/mol. The van der Waals surface area contributed by atoms with Crippen molar-refractivity contribution in [2.24, 2.45) is 0 Å². The molecular formula is C12H15F3N2. The van der Waals surface area contributed by atoms with Gasteiger partial charge in [0.25, 0.3) is 0 Å². The quantitative estimate of drug-likeness (QED) is 0.762. The number of benzene rings is 1. The predicted octanol–water partition coefficient (Wildman–Crippen LogP) is 2.29. The molecule has 1 unspecified atom stereocenters. The number of rotatable bonds is 1. The summed E-state index contributed by atoms with van der Waals surface area (Å²) >= 11 is 0. The Labute approximate surface area is 98.4 Å². The van der Waals surface area contributed by atoms with Crippen molar-refractivity contribution in [2.45, 2.75) is 19.4 Å². The summed E-state index contributed by atoms with van der Waals surface area (Å²) in [4.78, 5) is 1.74. The van der Waals surface area contributed by atoms with E-state index < -0.39 is 17.5 Å². The number of anilines is 1. The Morgan fingerprint density at radius 1 is 1.12 bits per heavy atom. The van der Waals surface area contributed by atoms with E-state index in [0.29, 0.717) is 31.7 Å². The number of nitrogens with one attached hydrogen (secondary N) is 1. The van der Waals surface area contributed by atoms with Crippen LogP contribution in [0.5, 0.6) is 0 Å².